The van der Waals surface area contributed by atoms with Crippen molar-refractivity contribution in [2.24, 2.45) is 5.92 Å². The van der Waals surface area contributed by atoms with Crippen molar-refractivity contribution in [1.82, 2.24) is 45.3 Å². The molecule has 6 atom stereocenters. The van der Waals surface area contributed by atoms with Gasteiger partial charge in [-0.2, -0.15) is 0 Å². The lowest BCUT2D eigenvalue weighted by atomic mass is 9.91. The number of anilines is 4. The Morgan fingerprint density at radius 1 is 0.868 bits per heavy atom. The second-order valence-corrected chi connectivity index (χ2v) is 22.0. The topological polar surface area (TPSA) is 228 Å². The van der Waals surface area contributed by atoms with Gasteiger partial charge in [0.25, 0.3) is 5.88 Å². The van der Waals surface area contributed by atoms with Crippen molar-refractivity contribution in [1.29, 1.82) is 0 Å². The third-order valence-electron chi connectivity index (χ3n) is 15.8. The summed E-state index contributed by atoms with van der Waals surface area (Å²) >= 11 is 1.63. The summed E-state index contributed by atoms with van der Waals surface area (Å²) in [6, 6.07) is 20.5. The van der Waals surface area contributed by atoms with Crippen LogP contribution in [0.1, 0.15) is 69.0 Å². The Labute approximate surface area is 446 Å². The summed E-state index contributed by atoms with van der Waals surface area (Å²) in [4.78, 5) is 51.7. The van der Waals surface area contributed by atoms with Gasteiger partial charge in [0.2, 0.25) is 17.7 Å². The predicted octanol–water partition coefficient (Wildman–Crippen LogP) is 5.40. The lowest BCUT2D eigenvalue weighted by Gasteiger charge is -2.43. The number of hydrogen-bond donors (Lipinski definition) is 4. The second kappa shape index (κ2) is 21.9. The van der Waals surface area contributed by atoms with Gasteiger partial charge in [-0.3, -0.25) is 19.4 Å². The van der Waals surface area contributed by atoms with Crippen molar-refractivity contribution >= 4 is 46.0 Å². The van der Waals surface area contributed by atoms with Gasteiger partial charge in [-0.15, -0.1) is 21.5 Å². The number of piperazine rings is 2. The summed E-state index contributed by atoms with van der Waals surface area (Å²) in [6.45, 7) is 14.1. The minimum absolute atomic E-state index is 0.0498. The number of para-hydroxylation sites is 1. The summed E-state index contributed by atoms with van der Waals surface area (Å²) in [7, 11) is 2.04. The maximum atomic E-state index is 14.3. The molecule has 11 rings (SSSR count). The molecule has 4 saturated heterocycles. The van der Waals surface area contributed by atoms with Crippen LogP contribution in [0.15, 0.2) is 83.0 Å². The van der Waals surface area contributed by atoms with E-state index in [1.54, 1.807) is 29.5 Å². The van der Waals surface area contributed by atoms with Crippen LogP contribution in [0.25, 0.3) is 21.7 Å². The first-order valence-corrected chi connectivity index (χ1v) is 27.4. The molecule has 6 aromatic rings. The SMILES string of the molecule is CC(C)[C@@H](C(=O)N1C[C@H](O)C[C@H]1C(=O)N[C@@H](C)c1ccc2c(c1)N(C)Cc1ncsc1-2)c1cc(OCCN2CCN(CCOc3cc(N4C5CCC4CN(c4cc(-c6ccccc6O)nnc4N)C5)ccn3)CC2)no1. The molecule has 400 valence electrons. The summed E-state index contributed by atoms with van der Waals surface area (Å²) in [5.74, 6) is 0.298. The zero-order valence-electron chi connectivity index (χ0n) is 43.5. The predicted molar refractivity (Wildman–Crippen MR) is 290 cm³/mol. The fourth-order valence-electron chi connectivity index (χ4n) is 11.8. The number of benzene rings is 2. The van der Waals surface area contributed by atoms with E-state index in [2.05, 4.69) is 79.4 Å². The lowest BCUT2D eigenvalue weighted by molar-refractivity contribution is -0.141. The maximum Gasteiger partial charge on any atom is 0.254 e. The van der Waals surface area contributed by atoms with E-state index in [1.165, 1.54) is 9.78 Å². The maximum absolute atomic E-state index is 14.3. The number of phenolic OH excluding ortho intramolecular Hbond substituents is 1. The Morgan fingerprint density at radius 2 is 1.61 bits per heavy atom. The van der Waals surface area contributed by atoms with Crippen LogP contribution in [-0.2, 0) is 16.1 Å². The normalized spacial score (nSPS) is 21.4. The second-order valence-electron chi connectivity index (χ2n) is 21.1. The van der Waals surface area contributed by atoms with E-state index in [4.69, 9.17) is 19.7 Å². The third-order valence-corrected chi connectivity index (χ3v) is 16.7. The number of rotatable bonds is 17. The van der Waals surface area contributed by atoms with Gasteiger partial charge in [0.15, 0.2) is 11.6 Å². The number of nitrogens with two attached hydrogens (primary N) is 1. The molecular weight excluding hydrogens is 987 g/mol. The Bertz CT molecular complexity index is 3020. The van der Waals surface area contributed by atoms with Crippen LogP contribution in [0.3, 0.4) is 0 Å². The number of nitrogens with zero attached hydrogens (tertiary/aromatic N) is 11. The Kier molecular flexibility index (Phi) is 14.7. The van der Waals surface area contributed by atoms with Gasteiger partial charge >= 0.3 is 0 Å². The third kappa shape index (κ3) is 10.6. The molecule has 76 heavy (non-hydrogen) atoms. The van der Waals surface area contributed by atoms with Crippen LogP contribution in [0.2, 0.25) is 0 Å². The molecule has 0 spiro atoms. The molecule has 4 aromatic heterocycles. The Balaban J connectivity index is 0.620. The van der Waals surface area contributed by atoms with Crippen molar-refractivity contribution in [3.05, 3.63) is 95.5 Å². The molecule has 2 amide bonds. The van der Waals surface area contributed by atoms with Gasteiger partial charge in [-0.25, -0.2) is 9.97 Å². The van der Waals surface area contributed by atoms with E-state index >= 15 is 0 Å². The van der Waals surface area contributed by atoms with Gasteiger partial charge in [-0.05, 0) is 66.7 Å². The number of β-amino-alcohol motifs (C(OH)–C–C–N with tert-alkyl or cyclic N) is 1. The number of amides is 2. The van der Waals surface area contributed by atoms with Crippen LogP contribution in [-0.4, -0.2) is 165 Å². The standard InChI is InChI=1S/C55H67N13O7S/c1-33(2)51(55(72)67-30-39(69)25-46(67)54(71)59-34(3)35-9-12-41-44(23-35)63(4)31-43-52(41)76-32-58-43)48-27-50(62-75-48)74-22-20-65-17-15-64(16-18-65)19-21-73-49-24-36(13-14-57-49)68-37-10-11-38(68)29-66(28-37)45-26-42(60-61-53(45)56)40-7-5-6-8-47(40)70/h5-9,12-14,23-24,26-27,32-34,37-39,46,51,69-70H,10-11,15-22,25,28-31H2,1-4H3,(H2,56,61)(H,59,71)/t34-,37?,38?,39+,46-,51+/m0/s1. The molecule has 5 N–H and O–H groups in total. The zero-order valence-corrected chi connectivity index (χ0v) is 44.3. The highest BCUT2D eigenvalue weighted by Gasteiger charge is 2.44. The summed E-state index contributed by atoms with van der Waals surface area (Å²) < 4.78 is 18.1. The molecule has 0 aliphatic carbocycles. The van der Waals surface area contributed by atoms with Crippen LogP contribution >= 0.6 is 11.3 Å². The van der Waals surface area contributed by atoms with Crippen LogP contribution in [0, 0.1) is 5.92 Å². The number of carbonyl (C=O) groups excluding carboxylic acids is 2. The molecule has 2 unspecified atom stereocenters. The quantitative estimate of drug-likeness (QED) is 0.0897. The van der Waals surface area contributed by atoms with Crippen molar-refractivity contribution < 1.29 is 33.8 Å². The number of hydrogen-bond acceptors (Lipinski definition) is 19. The first-order valence-electron chi connectivity index (χ1n) is 26.5. The molecule has 21 heteroatoms. The first-order chi connectivity index (χ1) is 36.8. The highest BCUT2D eigenvalue weighted by Crippen LogP contribution is 2.43. The van der Waals surface area contributed by atoms with Crippen molar-refractivity contribution in [3.8, 4) is 39.2 Å². The van der Waals surface area contributed by atoms with Crippen LogP contribution < -0.4 is 35.2 Å². The number of nitrogen functional groups attached to an aromatic ring is 1. The fourth-order valence-corrected chi connectivity index (χ4v) is 12.6. The van der Waals surface area contributed by atoms with Crippen molar-refractivity contribution in [2.75, 3.05) is 99.6 Å². The van der Waals surface area contributed by atoms with E-state index in [0.717, 1.165) is 99.1 Å². The van der Waals surface area contributed by atoms with Crippen LogP contribution in [0.5, 0.6) is 17.5 Å². The average Bonchev–Trinajstić information content (AvgIpc) is 4.27. The fraction of sp³-hybridized carbons (Fsp3) is 0.473. The molecular formula is C55H67N13O7S. The summed E-state index contributed by atoms with van der Waals surface area (Å²) in [6.07, 6.45) is 3.27. The number of aromatic nitrogens is 5. The number of aromatic hydroxyl groups is 1. The van der Waals surface area contributed by atoms with E-state index in [1.807, 2.05) is 63.8 Å². The highest BCUT2D eigenvalue weighted by molar-refractivity contribution is 7.13. The largest absolute Gasteiger partial charge is 0.507 e. The number of thiazole rings is 1. The smallest absolute Gasteiger partial charge is 0.254 e. The lowest BCUT2D eigenvalue weighted by Crippen LogP contribution is -2.54. The van der Waals surface area contributed by atoms with Gasteiger partial charge < -0.3 is 54.9 Å². The first kappa shape index (κ1) is 51.1. The number of likely N-dealkylation sites (tertiary alicyclic amines) is 1. The van der Waals surface area contributed by atoms with E-state index in [0.29, 0.717) is 54.4 Å². The number of fused-ring (bicyclic) bond motifs is 5. The Morgan fingerprint density at radius 3 is 2.34 bits per heavy atom. The molecule has 2 bridgehead atoms. The number of carbonyl (C=O) groups is 2. The van der Waals surface area contributed by atoms with Crippen molar-refractivity contribution in [3.63, 3.8) is 0 Å². The number of ether oxygens (including phenoxy) is 2. The number of nitrogens with one attached hydrogen (secondary N) is 1. The zero-order chi connectivity index (χ0) is 52.6. The van der Waals surface area contributed by atoms with E-state index < -0.39 is 18.1 Å². The number of aliphatic hydroxyl groups excluding tert-OH is 1. The number of phenols is 1. The Hall–Kier alpha value is -7.07. The highest BCUT2D eigenvalue weighted by atomic mass is 32.1. The molecule has 5 aliphatic rings. The molecule has 0 saturated carbocycles. The summed E-state index contributed by atoms with van der Waals surface area (Å²) in [5, 5.41) is 37.1. The number of pyridine rings is 1. The molecule has 2 aromatic carbocycles. The molecule has 5 aliphatic heterocycles. The minimum atomic E-state index is -0.839. The van der Waals surface area contributed by atoms with Crippen molar-refractivity contribution in [2.45, 2.75) is 82.8 Å². The summed E-state index contributed by atoms with van der Waals surface area (Å²) in [5.41, 5.74) is 15.6. The van der Waals surface area contributed by atoms with E-state index in [9.17, 15) is 19.8 Å². The van der Waals surface area contributed by atoms with Gasteiger partial charge in [0, 0.05) is 125 Å². The van der Waals surface area contributed by atoms with Crippen LogP contribution in [0.4, 0.5) is 22.9 Å². The van der Waals surface area contributed by atoms with Gasteiger partial charge in [0.05, 0.1) is 46.2 Å². The molecule has 20 nitrogen and oxygen atoms in total. The molecule has 9 heterocycles. The average molecular weight is 1050 g/mol. The molecule has 0 radical (unpaired) electrons. The minimum Gasteiger partial charge on any atom is -0.507 e. The monoisotopic (exact) mass is 1050 g/mol. The molecule has 4 fully saturated rings. The van der Waals surface area contributed by atoms with Gasteiger partial charge in [0.1, 0.15) is 30.9 Å². The number of aliphatic hydroxyl groups is 1. The van der Waals surface area contributed by atoms with Gasteiger partial charge in [-0.1, -0.05) is 38.1 Å². The van der Waals surface area contributed by atoms with E-state index in [-0.39, 0.29) is 54.6 Å².